The SMILES string of the molecule is CC(C)C[C@@H](c1ccc(Cl)cc1C(F)(F)F)N1CCNCC1.Cl. The van der Waals surface area contributed by atoms with E-state index < -0.39 is 11.7 Å². The maximum Gasteiger partial charge on any atom is 0.416 e. The Labute approximate surface area is 146 Å². The fourth-order valence-electron chi connectivity index (χ4n) is 2.98. The average Bonchev–Trinajstić information content (AvgIpc) is 2.45. The van der Waals surface area contributed by atoms with Crippen LogP contribution in [0.25, 0.3) is 0 Å². The summed E-state index contributed by atoms with van der Waals surface area (Å²) in [5, 5.41) is 3.37. The lowest BCUT2D eigenvalue weighted by atomic mass is 9.91. The van der Waals surface area contributed by atoms with Crippen LogP contribution < -0.4 is 5.32 Å². The molecule has 1 N–H and O–H groups in total. The third-order valence-electron chi connectivity index (χ3n) is 3.97. The zero-order chi connectivity index (χ0) is 16.3. The molecule has 2 rings (SSSR count). The van der Waals surface area contributed by atoms with E-state index >= 15 is 0 Å². The molecule has 1 fully saturated rings. The molecule has 1 aromatic carbocycles. The lowest BCUT2D eigenvalue weighted by Gasteiger charge is -2.37. The highest BCUT2D eigenvalue weighted by Crippen LogP contribution is 2.40. The summed E-state index contributed by atoms with van der Waals surface area (Å²) >= 11 is 5.80. The summed E-state index contributed by atoms with van der Waals surface area (Å²) in [6, 6.07) is 3.92. The monoisotopic (exact) mass is 370 g/mol. The van der Waals surface area contributed by atoms with E-state index in [1.807, 2.05) is 13.8 Å². The van der Waals surface area contributed by atoms with Gasteiger partial charge in [0.25, 0.3) is 0 Å². The van der Waals surface area contributed by atoms with Gasteiger partial charge in [-0.3, -0.25) is 4.90 Å². The molecular formula is C16H23Cl2F3N2. The van der Waals surface area contributed by atoms with Crippen molar-refractivity contribution in [2.75, 3.05) is 26.2 Å². The van der Waals surface area contributed by atoms with Crippen molar-refractivity contribution in [3.05, 3.63) is 34.3 Å². The van der Waals surface area contributed by atoms with Gasteiger partial charge in [-0.1, -0.05) is 31.5 Å². The first kappa shape index (κ1) is 20.6. The van der Waals surface area contributed by atoms with Crippen LogP contribution in [-0.2, 0) is 6.18 Å². The molecule has 0 saturated carbocycles. The quantitative estimate of drug-likeness (QED) is 0.820. The Balaban J connectivity index is 0.00000264. The number of alkyl halides is 3. The van der Waals surface area contributed by atoms with Crippen LogP contribution in [0.1, 0.15) is 37.4 Å². The van der Waals surface area contributed by atoms with E-state index in [4.69, 9.17) is 11.6 Å². The van der Waals surface area contributed by atoms with Crippen LogP contribution in [0.4, 0.5) is 13.2 Å². The van der Waals surface area contributed by atoms with E-state index in [0.717, 1.165) is 32.2 Å². The highest BCUT2D eigenvalue weighted by Gasteiger charge is 2.37. The lowest BCUT2D eigenvalue weighted by molar-refractivity contribution is -0.138. The van der Waals surface area contributed by atoms with Crippen molar-refractivity contribution in [1.82, 2.24) is 10.2 Å². The molecule has 1 aliphatic rings. The van der Waals surface area contributed by atoms with Crippen LogP contribution in [-0.4, -0.2) is 31.1 Å². The summed E-state index contributed by atoms with van der Waals surface area (Å²) in [5.74, 6) is 0.316. The number of rotatable bonds is 4. The van der Waals surface area contributed by atoms with E-state index in [9.17, 15) is 13.2 Å². The van der Waals surface area contributed by atoms with Gasteiger partial charge in [0.05, 0.1) is 5.56 Å². The van der Waals surface area contributed by atoms with Crippen LogP contribution in [0.15, 0.2) is 18.2 Å². The van der Waals surface area contributed by atoms with Crippen LogP contribution >= 0.6 is 24.0 Å². The van der Waals surface area contributed by atoms with Crippen molar-refractivity contribution in [3.63, 3.8) is 0 Å². The van der Waals surface area contributed by atoms with E-state index in [1.54, 1.807) is 12.1 Å². The molecule has 0 aromatic heterocycles. The largest absolute Gasteiger partial charge is 0.416 e. The van der Waals surface area contributed by atoms with Gasteiger partial charge in [-0.15, -0.1) is 12.4 Å². The van der Waals surface area contributed by atoms with Crippen LogP contribution in [0.5, 0.6) is 0 Å². The Morgan fingerprint density at radius 3 is 2.35 bits per heavy atom. The summed E-state index contributed by atoms with van der Waals surface area (Å²) < 4.78 is 40.2. The Hall–Kier alpha value is -0.490. The summed E-state index contributed by atoms with van der Waals surface area (Å²) in [7, 11) is 0. The summed E-state index contributed by atoms with van der Waals surface area (Å²) in [6.45, 7) is 7.22. The van der Waals surface area contributed by atoms with Crippen molar-refractivity contribution < 1.29 is 13.2 Å². The molecule has 0 spiro atoms. The Morgan fingerprint density at radius 2 is 1.83 bits per heavy atom. The molecule has 0 amide bonds. The predicted octanol–water partition coefficient (Wildman–Crippen LogP) is 4.77. The van der Waals surface area contributed by atoms with Gasteiger partial charge < -0.3 is 5.32 Å². The number of halogens is 5. The molecule has 1 saturated heterocycles. The second-order valence-corrected chi connectivity index (χ2v) is 6.60. The summed E-state index contributed by atoms with van der Waals surface area (Å²) in [5.41, 5.74) is -0.267. The van der Waals surface area contributed by atoms with Gasteiger partial charge in [0, 0.05) is 37.2 Å². The molecule has 1 atom stereocenters. The number of hydrogen-bond acceptors (Lipinski definition) is 2. The van der Waals surface area contributed by atoms with E-state index in [0.29, 0.717) is 17.9 Å². The van der Waals surface area contributed by atoms with Gasteiger partial charge in [0.2, 0.25) is 0 Å². The molecule has 132 valence electrons. The van der Waals surface area contributed by atoms with Crippen molar-refractivity contribution in [1.29, 1.82) is 0 Å². The molecule has 23 heavy (non-hydrogen) atoms. The number of benzene rings is 1. The fourth-order valence-corrected chi connectivity index (χ4v) is 3.15. The molecule has 0 bridgehead atoms. The first-order chi connectivity index (χ1) is 10.3. The second-order valence-electron chi connectivity index (χ2n) is 6.16. The smallest absolute Gasteiger partial charge is 0.314 e. The van der Waals surface area contributed by atoms with Gasteiger partial charge in [0.15, 0.2) is 0 Å². The van der Waals surface area contributed by atoms with E-state index in [-0.39, 0.29) is 23.5 Å². The van der Waals surface area contributed by atoms with Crippen molar-refractivity contribution in [3.8, 4) is 0 Å². The Morgan fingerprint density at radius 1 is 1.22 bits per heavy atom. The second kappa shape index (κ2) is 8.56. The third kappa shape index (κ3) is 5.52. The fraction of sp³-hybridized carbons (Fsp3) is 0.625. The molecule has 1 aliphatic heterocycles. The Bertz CT molecular complexity index is 501. The van der Waals surface area contributed by atoms with Crippen LogP contribution in [0.2, 0.25) is 5.02 Å². The van der Waals surface area contributed by atoms with Crippen molar-refractivity contribution >= 4 is 24.0 Å². The number of nitrogens with one attached hydrogen (secondary N) is 1. The van der Waals surface area contributed by atoms with Crippen molar-refractivity contribution in [2.45, 2.75) is 32.5 Å². The minimum absolute atomic E-state index is 0. The zero-order valence-corrected chi connectivity index (χ0v) is 14.9. The molecule has 2 nitrogen and oxygen atoms in total. The number of nitrogens with zero attached hydrogens (tertiary/aromatic N) is 1. The maximum atomic E-state index is 13.4. The molecule has 0 radical (unpaired) electrons. The average molecular weight is 371 g/mol. The third-order valence-corrected chi connectivity index (χ3v) is 4.20. The maximum absolute atomic E-state index is 13.4. The van der Waals surface area contributed by atoms with Gasteiger partial charge in [-0.05, 0) is 30.0 Å². The van der Waals surface area contributed by atoms with Crippen molar-refractivity contribution in [2.24, 2.45) is 5.92 Å². The van der Waals surface area contributed by atoms with E-state index in [1.165, 1.54) is 0 Å². The van der Waals surface area contributed by atoms with Gasteiger partial charge >= 0.3 is 6.18 Å². The number of hydrogen-bond donors (Lipinski definition) is 1. The Kier molecular flexibility index (Phi) is 7.65. The molecular weight excluding hydrogens is 348 g/mol. The van der Waals surface area contributed by atoms with Gasteiger partial charge in [-0.2, -0.15) is 13.2 Å². The summed E-state index contributed by atoms with van der Waals surface area (Å²) in [6.07, 6.45) is -3.69. The normalized spacial score (nSPS) is 17.9. The number of piperazine rings is 1. The lowest BCUT2D eigenvalue weighted by Crippen LogP contribution is -2.45. The topological polar surface area (TPSA) is 15.3 Å². The summed E-state index contributed by atoms with van der Waals surface area (Å²) in [4.78, 5) is 2.15. The molecule has 1 heterocycles. The first-order valence-corrected chi connectivity index (χ1v) is 7.98. The van der Waals surface area contributed by atoms with Gasteiger partial charge in [0.1, 0.15) is 0 Å². The van der Waals surface area contributed by atoms with Gasteiger partial charge in [-0.25, -0.2) is 0 Å². The predicted molar refractivity (Wildman–Crippen MR) is 90.3 cm³/mol. The van der Waals surface area contributed by atoms with Crippen LogP contribution in [0, 0.1) is 5.92 Å². The molecule has 0 aliphatic carbocycles. The standard InChI is InChI=1S/C16H22ClF3N2.ClH/c1-11(2)9-15(22-7-5-21-6-8-22)13-4-3-12(17)10-14(13)16(18,19)20;/h3-4,10-11,15,21H,5-9H2,1-2H3;1H/t15-;/m0./s1. The molecule has 1 aromatic rings. The highest BCUT2D eigenvalue weighted by molar-refractivity contribution is 6.30. The molecule has 7 heteroatoms. The minimum Gasteiger partial charge on any atom is -0.314 e. The van der Waals surface area contributed by atoms with E-state index in [2.05, 4.69) is 10.2 Å². The minimum atomic E-state index is -4.39. The molecule has 0 unspecified atom stereocenters. The first-order valence-electron chi connectivity index (χ1n) is 7.60. The van der Waals surface area contributed by atoms with Crippen LogP contribution in [0.3, 0.4) is 0 Å². The highest BCUT2D eigenvalue weighted by atomic mass is 35.5. The zero-order valence-electron chi connectivity index (χ0n) is 13.3.